The first kappa shape index (κ1) is 19.3. The van der Waals surface area contributed by atoms with Crippen molar-refractivity contribution in [2.45, 2.75) is 39.7 Å². The molecule has 0 fully saturated rings. The second-order valence-electron chi connectivity index (χ2n) is 6.00. The van der Waals surface area contributed by atoms with E-state index < -0.39 is 22.5 Å². The van der Waals surface area contributed by atoms with Crippen LogP contribution in [0, 0.1) is 10.1 Å². The van der Waals surface area contributed by atoms with Crippen LogP contribution >= 0.6 is 0 Å². The van der Waals surface area contributed by atoms with Crippen molar-refractivity contribution in [1.29, 1.82) is 0 Å². The van der Waals surface area contributed by atoms with Gasteiger partial charge in [-0.2, -0.15) is 0 Å². The van der Waals surface area contributed by atoms with E-state index in [9.17, 15) is 19.7 Å². The van der Waals surface area contributed by atoms with Crippen LogP contribution in [0.2, 0.25) is 0 Å². The van der Waals surface area contributed by atoms with Crippen molar-refractivity contribution in [2.75, 3.05) is 6.61 Å². The first-order valence-electron chi connectivity index (χ1n) is 7.46. The van der Waals surface area contributed by atoms with Crippen LogP contribution in [-0.4, -0.2) is 29.1 Å². The second kappa shape index (κ2) is 8.24. The number of ether oxygens (including phenoxy) is 2. The molecule has 0 saturated carbocycles. The van der Waals surface area contributed by atoms with Gasteiger partial charge in [0.2, 0.25) is 0 Å². The van der Waals surface area contributed by atoms with Gasteiger partial charge < -0.3 is 9.47 Å². The molecule has 7 heteroatoms. The van der Waals surface area contributed by atoms with Crippen molar-refractivity contribution in [2.24, 2.45) is 0 Å². The zero-order valence-electron chi connectivity index (χ0n) is 14.2. The highest BCUT2D eigenvalue weighted by molar-refractivity contribution is 5.98. The maximum atomic E-state index is 12.0. The van der Waals surface area contributed by atoms with Gasteiger partial charge in [0.15, 0.2) is 0 Å². The van der Waals surface area contributed by atoms with Crippen LogP contribution in [0.5, 0.6) is 0 Å². The molecule has 1 aromatic rings. The minimum atomic E-state index is -0.662. The summed E-state index contributed by atoms with van der Waals surface area (Å²) < 4.78 is 10.2. The van der Waals surface area contributed by atoms with Crippen LogP contribution in [0.15, 0.2) is 29.8 Å². The lowest BCUT2D eigenvalue weighted by Crippen LogP contribution is -2.25. The van der Waals surface area contributed by atoms with Gasteiger partial charge in [-0.25, -0.2) is 4.79 Å². The molecule has 0 spiro atoms. The molecule has 0 saturated heterocycles. The summed E-state index contributed by atoms with van der Waals surface area (Å²) in [6.07, 6.45) is 1.22. The van der Waals surface area contributed by atoms with Gasteiger partial charge in [-0.15, -0.1) is 0 Å². The predicted molar refractivity (Wildman–Crippen MR) is 88.2 cm³/mol. The molecular weight excluding hydrogens is 314 g/mol. The number of esters is 2. The maximum absolute atomic E-state index is 12.0. The Hall–Kier alpha value is -2.70. The molecule has 1 aromatic carbocycles. The second-order valence-corrected chi connectivity index (χ2v) is 6.00. The Morgan fingerprint density at radius 1 is 1.21 bits per heavy atom. The molecule has 0 heterocycles. The van der Waals surface area contributed by atoms with E-state index in [2.05, 4.69) is 0 Å². The molecule has 0 radical (unpaired) electrons. The minimum Gasteiger partial charge on any atom is -0.463 e. The molecule has 0 aliphatic heterocycles. The molecule has 0 N–H and O–H groups in total. The topological polar surface area (TPSA) is 95.7 Å². The number of carbonyl (C=O) groups is 2. The summed E-state index contributed by atoms with van der Waals surface area (Å²) in [4.78, 5) is 34.1. The standard InChI is InChI=1S/C17H21NO6/c1-5-23-16(20)13(11-15(19)24-17(2,3)4)10-12-6-8-14(9-7-12)18(21)22/h6-10H,5,11H2,1-4H3/b13-10+. The molecule has 130 valence electrons. The maximum Gasteiger partial charge on any atom is 0.334 e. The van der Waals surface area contributed by atoms with E-state index in [0.717, 1.165) is 0 Å². The lowest BCUT2D eigenvalue weighted by atomic mass is 10.1. The summed E-state index contributed by atoms with van der Waals surface area (Å²) in [5, 5.41) is 10.7. The molecule has 0 unspecified atom stereocenters. The normalized spacial score (nSPS) is 11.8. The van der Waals surface area contributed by atoms with Gasteiger partial charge in [0.1, 0.15) is 5.60 Å². The SMILES string of the molecule is CCOC(=O)/C(=C/c1ccc([N+](=O)[O-])cc1)CC(=O)OC(C)(C)C. The minimum absolute atomic E-state index is 0.0584. The van der Waals surface area contributed by atoms with E-state index in [1.807, 2.05) is 0 Å². The average Bonchev–Trinajstić information content (AvgIpc) is 2.45. The molecule has 0 bridgehead atoms. The van der Waals surface area contributed by atoms with Gasteiger partial charge in [0.05, 0.1) is 18.0 Å². The number of rotatable bonds is 6. The highest BCUT2D eigenvalue weighted by Crippen LogP contribution is 2.18. The van der Waals surface area contributed by atoms with Crippen LogP contribution < -0.4 is 0 Å². The Bertz CT molecular complexity index is 640. The molecule has 0 aliphatic carbocycles. The quantitative estimate of drug-likeness (QED) is 0.343. The zero-order chi connectivity index (χ0) is 18.3. The smallest absolute Gasteiger partial charge is 0.334 e. The van der Waals surface area contributed by atoms with Gasteiger partial charge >= 0.3 is 11.9 Å². The Kier molecular flexibility index (Phi) is 6.64. The summed E-state index contributed by atoms with van der Waals surface area (Å²) in [7, 11) is 0. The Morgan fingerprint density at radius 2 is 1.79 bits per heavy atom. The molecule has 0 atom stereocenters. The number of nitro groups is 1. The van der Waals surface area contributed by atoms with Crippen molar-refractivity contribution in [3.05, 3.63) is 45.5 Å². The molecular formula is C17H21NO6. The van der Waals surface area contributed by atoms with E-state index in [1.165, 1.54) is 30.3 Å². The summed E-state index contributed by atoms with van der Waals surface area (Å²) in [6, 6.07) is 5.63. The largest absolute Gasteiger partial charge is 0.463 e. The van der Waals surface area contributed by atoms with E-state index >= 15 is 0 Å². The third kappa shape index (κ3) is 6.60. The monoisotopic (exact) mass is 335 g/mol. The molecule has 24 heavy (non-hydrogen) atoms. The lowest BCUT2D eigenvalue weighted by Gasteiger charge is -2.19. The lowest BCUT2D eigenvalue weighted by molar-refractivity contribution is -0.384. The van der Waals surface area contributed by atoms with Gasteiger partial charge in [-0.3, -0.25) is 14.9 Å². The van der Waals surface area contributed by atoms with Crippen LogP contribution in [0.3, 0.4) is 0 Å². The summed E-state index contributed by atoms with van der Waals surface area (Å²) in [6.45, 7) is 7.03. The van der Waals surface area contributed by atoms with Crippen LogP contribution in [0.1, 0.15) is 39.7 Å². The third-order valence-electron chi connectivity index (χ3n) is 2.74. The van der Waals surface area contributed by atoms with Crippen molar-refractivity contribution in [3.8, 4) is 0 Å². The van der Waals surface area contributed by atoms with Gasteiger partial charge in [-0.1, -0.05) is 0 Å². The van der Waals surface area contributed by atoms with E-state index in [0.29, 0.717) is 5.56 Å². The number of nitrogens with zero attached hydrogens (tertiary/aromatic N) is 1. The highest BCUT2D eigenvalue weighted by atomic mass is 16.6. The first-order valence-corrected chi connectivity index (χ1v) is 7.46. The van der Waals surface area contributed by atoms with Crippen LogP contribution in [0.4, 0.5) is 5.69 Å². The van der Waals surface area contributed by atoms with Crippen molar-refractivity contribution in [1.82, 2.24) is 0 Å². The first-order chi connectivity index (χ1) is 11.1. The van der Waals surface area contributed by atoms with Crippen molar-refractivity contribution < 1.29 is 24.0 Å². The number of hydrogen-bond donors (Lipinski definition) is 0. The predicted octanol–water partition coefficient (Wildman–Crippen LogP) is 3.27. The van der Waals surface area contributed by atoms with Gasteiger partial charge in [0, 0.05) is 17.7 Å². The van der Waals surface area contributed by atoms with Gasteiger partial charge in [-0.05, 0) is 51.5 Å². The Labute approximate surface area is 140 Å². The van der Waals surface area contributed by atoms with E-state index in [-0.39, 0.29) is 24.3 Å². The summed E-state index contributed by atoms with van der Waals surface area (Å²) >= 11 is 0. The molecule has 0 aromatic heterocycles. The number of benzene rings is 1. The average molecular weight is 335 g/mol. The van der Waals surface area contributed by atoms with Crippen LogP contribution in [0.25, 0.3) is 6.08 Å². The number of non-ortho nitro benzene ring substituents is 1. The number of hydrogen-bond acceptors (Lipinski definition) is 6. The fraction of sp³-hybridized carbons (Fsp3) is 0.412. The molecule has 1 rings (SSSR count). The molecule has 0 amide bonds. The Balaban J connectivity index is 3.02. The van der Waals surface area contributed by atoms with Crippen LogP contribution in [-0.2, 0) is 19.1 Å². The Morgan fingerprint density at radius 3 is 2.25 bits per heavy atom. The zero-order valence-corrected chi connectivity index (χ0v) is 14.2. The van der Waals surface area contributed by atoms with E-state index in [1.54, 1.807) is 27.7 Å². The van der Waals surface area contributed by atoms with E-state index in [4.69, 9.17) is 9.47 Å². The number of carbonyl (C=O) groups excluding carboxylic acids is 2. The van der Waals surface area contributed by atoms with Crippen molar-refractivity contribution in [3.63, 3.8) is 0 Å². The highest BCUT2D eigenvalue weighted by Gasteiger charge is 2.21. The molecule has 0 aliphatic rings. The fourth-order valence-electron chi connectivity index (χ4n) is 1.83. The third-order valence-corrected chi connectivity index (χ3v) is 2.74. The van der Waals surface area contributed by atoms with Gasteiger partial charge in [0.25, 0.3) is 5.69 Å². The van der Waals surface area contributed by atoms with Crippen molar-refractivity contribution >= 4 is 23.7 Å². The summed E-state index contributed by atoms with van der Waals surface area (Å²) in [5.74, 6) is -1.18. The number of nitro benzene ring substituents is 1. The summed E-state index contributed by atoms with van der Waals surface area (Å²) in [5.41, 5.74) is -0.0475. The fourth-order valence-corrected chi connectivity index (χ4v) is 1.83. The molecule has 7 nitrogen and oxygen atoms in total.